The largest absolute Gasteiger partial charge is 0.418 e. The number of hydrogen-bond acceptors (Lipinski definition) is 2. The minimum Gasteiger partial charge on any atom is -0.329 e. The van der Waals surface area contributed by atoms with E-state index in [2.05, 4.69) is 5.32 Å². The molecule has 0 saturated carbocycles. The maximum Gasteiger partial charge on any atom is 0.418 e. The van der Waals surface area contributed by atoms with Crippen LogP contribution in [0.25, 0.3) is 0 Å². The van der Waals surface area contributed by atoms with E-state index in [4.69, 9.17) is 17.3 Å². The van der Waals surface area contributed by atoms with Gasteiger partial charge in [-0.05, 0) is 31.0 Å². The normalized spacial score (nSPS) is 12.3. The van der Waals surface area contributed by atoms with Gasteiger partial charge in [-0.2, -0.15) is 13.2 Å². The first kappa shape index (κ1) is 17.8. The highest BCUT2D eigenvalue weighted by atomic mass is 35.5. The number of hydrogen-bond donors (Lipinski definition) is 2. The van der Waals surface area contributed by atoms with Gasteiger partial charge in [0.2, 0.25) is 5.91 Å². The van der Waals surface area contributed by atoms with Gasteiger partial charge in [0.25, 0.3) is 0 Å². The summed E-state index contributed by atoms with van der Waals surface area (Å²) in [5.41, 5.74) is 3.48. The van der Waals surface area contributed by atoms with Crippen molar-refractivity contribution >= 4 is 23.2 Å². The fourth-order valence-corrected chi connectivity index (χ4v) is 2.24. The second kappa shape index (κ2) is 6.66. The van der Waals surface area contributed by atoms with E-state index >= 15 is 0 Å². The lowest BCUT2D eigenvalue weighted by atomic mass is 9.81. The number of alkyl halides is 3. The summed E-state index contributed by atoms with van der Waals surface area (Å²) in [6, 6.07) is 3.24. The molecule has 0 unspecified atom stereocenters. The van der Waals surface area contributed by atoms with E-state index in [1.54, 1.807) is 13.8 Å². The summed E-state index contributed by atoms with van der Waals surface area (Å²) in [5.74, 6) is -0.511. The zero-order valence-electron chi connectivity index (χ0n) is 11.9. The third-order valence-electron chi connectivity index (χ3n) is 3.76. The molecule has 0 aliphatic carbocycles. The lowest BCUT2D eigenvalue weighted by Crippen LogP contribution is -2.41. The van der Waals surface area contributed by atoms with Crippen LogP contribution in [-0.4, -0.2) is 12.5 Å². The van der Waals surface area contributed by atoms with E-state index in [9.17, 15) is 18.0 Å². The predicted molar refractivity (Wildman–Crippen MR) is 77.2 cm³/mol. The van der Waals surface area contributed by atoms with Crippen LogP contribution < -0.4 is 11.1 Å². The molecule has 1 aromatic carbocycles. The highest BCUT2D eigenvalue weighted by molar-refractivity contribution is 6.30. The summed E-state index contributed by atoms with van der Waals surface area (Å²) in [4.78, 5) is 12.3. The van der Waals surface area contributed by atoms with Crippen molar-refractivity contribution in [2.45, 2.75) is 32.9 Å². The van der Waals surface area contributed by atoms with Gasteiger partial charge >= 0.3 is 6.18 Å². The van der Waals surface area contributed by atoms with E-state index in [1.807, 2.05) is 0 Å². The average Bonchev–Trinajstić information content (AvgIpc) is 2.42. The Hall–Kier alpha value is -1.27. The molecule has 1 amide bonds. The highest BCUT2D eigenvalue weighted by Gasteiger charge is 2.37. The second-order valence-electron chi connectivity index (χ2n) is 4.83. The third-order valence-corrected chi connectivity index (χ3v) is 4.00. The standard InChI is InChI=1S/C14H18ClF3N2O/c1-3-13(4-2,8-19)12(21)20-11-6-5-9(15)7-10(11)14(16,17)18/h5-7H,3-4,8,19H2,1-2H3,(H,20,21). The van der Waals surface area contributed by atoms with Crippen molar-refractivity contribution < 1.29 is 18.0 Å². The number of carbonyl (C=O) groups is 1. The topological polar surface area (TPSA) is 55.1 Å². The Kier molecular flexibility index (Phi) is 5.64. The van der Waals surface area contributed by atoms with Crippen LogP contribution in [0.3, 0.4) is 0 Å². The summed E-state index contributed by atoms with van der Waals surface area (Å²) in [7, 11) is 0. The summed E-state index contributed by atoms with van der Waals surface area (Å²) in [6.07, 6.45) is -3.71. The van der Waals surface area contributed by atoms with Gasteiger partial charge in [-0.25, -0.2) is 0 Å². The Balaban J connectivity index is 3.17. The first-order valence-electron chi connectivity index (χ1n) is 6.58. The van der Waals surface area contributed by atoms with E-state index in [0.717, 1.165) is 12.1 Å². The third kappa shape index (κ3) is 3.89. The van der Waals surface area contributed by atoms with Gasteiger partial charge in [0.1, 0.15) is 0 Å². The molecule has 0 heterocycles. The van der Waals surface area contributed by atoms with Crippen LogP contribution in [0.4, 0.5) is 18.9 Å². The van der Waals surface area contributed by atoms with E-state index < -0.39 is 23.1 Å². The fourth-order valence-electron chi connectivity index (χ4n) is 2.07. The van der Waals surface area contributed by atoms with Crippen LogP contribution in [0.15, 0.2) is 18.2 Å². The van der Waals surface area contributed by atoms with E-state index in [1.165, 1.54) is 6.07 Å². The first-order valence-corrected chi connectivity index (χ1v) is 6.96. The molecule has 0 atom stereocenters. The Bertz CT molecular complexity index is 505. The van der Waals surface area contributed by atoms with Crippen LogP contribution >= 0.6 is 11.6 Å². The Labute approximate surface area is 126 Å². The molecule has 0 aromatic heterocycles. The van der Waals surface area contributed by atoms with E-state index in [-0.39, 0.29) is 17.3 Å². The molecule has 0 aliphatic heterocycles. The zero-order valence-corrected chi connectivity index (χ0v) is 12.6. The van der Waals surface area contributed by atoms with Crippen molar-refractivity contribution in [1.29, 1.82) is 0 Å². The van der Waals surface area contributed by atoms with Gasteiger partial charge in [0.15, 0.2) is 0 Å². The van der Waals surface area contributed by atoms with Gasteiger partial charge in [-0.15, -0.1) is 0 Å². The van der Waals surface area contributed by atoms with Gasteiger partial charge in [-0.1, -0.05) is 25.4 Å². The number of amides is 1. The molecule has 0 saturated heterocycles. The minimum atomic E-state index is -4.60. The van der Waals surface area contributed by atoms with Gasteiger partial charge in [0.05, 0.1) is 16.7 Å². The number of nitrogens with two attached hydrogens (primary N) is 1. The van der Waals surface area contributed by atoms with Gasteiger partial charge < -0.3 is 11.1 Å². The number of benzene rings is 1. The smallest absolute Gasteiger partial charge is 0.329 e. The van der Waals surface area contributed by atoms with Crippen LogP contribution in [0, 0.1) is 5.41 Å². The lowest BCUT2D eigenvalue weighted by Gasteiger charge is -2.29. The first-order chi connectivity index (χ1) is 9.70. The monoisotopic (exact) mass is 322 g/mol. The Morgan fingerprint density at radius 1 is 1.29 bits per heavy atom. The fraction of sp³-hybridized carbons (Fsp3) is 0.500. The SMILES string of the molecule is CCC(CC)(CN)C(=O)Nc1ccc(Cl)cc1C(F)(F)F. The molecule has 0 fully saturated rings. The summed E-state index contributed by atoms with van der Waals surface area (Å²) < 4.78 is 39.0. The number of carbonyl (C=O) groups excluding carboxylic acids is 1. The maximum absolute atomic E-state index is 13.0. The number of halogens is 4. The summed E-state index contributed by atoms with van der Waals surface area (Å²) in [6.45, 7) is 3.63. The van der Waals surface area contributed by atoms with Crippen molar-refractivity contribution in [1.82, 2.24) is 0 Å². The van der Waals surface area contributed by atoms with Crippen molar-refractivity contribution in [3.8, 4) is 0 Å². The molecular formula is C14H18ClF3N2O. The van der Waals surface area contributed by atoms with Crippen LogP contribution in [0.1, 0.15) is 32.3 Å². The van der Waals surface area contributed by atoms with Crippen molar-refractivity contribution in [2.24, 2.45) is 11.1 Å². The Morgan fingerprint density at radius 3 is 2.29 bits per heavy atom. The summed E-state index contributed by atoms with van der Waals surface area (Å²) in [5, 5.41) is 2.30. The molecule has 0 radical (unpaired) electrons. The number of anilines is 1. The van der Waals surface area contributed by atoms with E-state index in [0.29, 0.717) is 12.8 Å². The Morgan fingerprint density at radius 2 is 1.86 bits per heavy atom. The van der Waals surface area contributed by atoms with Gasteiger partial charge in [-0.3, -0.25) is 4.79 Å². The molecule has 1 aromatic rings. The highest BCUT2D eigenvalue weighted by Crippen LogP contribution is 2.37. The molecule has 21 heavy (non-hydrogen) atoms. The van der Waals surface area contributed by atoms with Gasteiger partial charge in [0, 0.05) is 11.6 Å². The zero-order chi connectivity index (χ0) is 16.3. The molecular weight excluding hydrogens is 305 g/mol. The molecule has 1 rings (SSSR count). The molecule has 7 heteroatoms. The average molecular weight is 323 g/mol. The summed E-state index contributed by atoms with van der Waals surface area (Å²) >= 11 is 5.60. The number of rotatable bonds is 5. The number of nitrogens with one attached hydrogen (secondary N) is 1. The molecule has 0 aliphatic rings. The van der Waals surface area contributed by atoms with Crippen molar-refractivity contribution in [3.63, 3.8) is 0 Å². The molecule has 3 N–H and O–H groups in total. The second-order valence-corrected chi connectivity index (χ2v) is 5.27. The quantitative estimate of drug-likeness (QED) is 0.858. The molecule has 3 nitrogen and oxygen atoms in total. The molecule has 0 spiro atoms. The lowest BCUT2D eigenvalue weighted by molar-refractivity contribution is -0.137. The van der Waals surface area contributed by atoms with Crippen LogP contribution in [0.5, 0.6) is 0 Å². The molecule has 0 bridgehead atoms. The molecule has 118 valence electrons. The van der Waals surface area contributed by atoms with Crippen molar-refractivity contribution in [3.05, 3.63) is 28.8 Å². The minimum absolute atomic E-state index is 0.0450. The van der Waals surface area contributed by atoms with Crippen LogP contribution in [-0.2, 0) is 11.0 Å². The van der Waals surface area contributed by atoms with Crippen molar-refractivity contribution in [2.75, 3.05) is 11.9 Å². The maximum atomic E-state index is 13.0. The predicted octanol–water partition coefficient (Wildman–Crippen LogP) is 4.06. The van der Waals surface area contributed by atoms with Crippen LogP contribution in [0.2, 0.25) is 5.02 Å².